The number of hydrogen-bond donors (Lipinski definition) is 0. The summed E-state index contributed by atoms with van der Waals surface area (Å²) >= 11 is 10.0. The zero-order valence-corrected chi connectivity index (χ0v) is 6.48. The summed E-state index contributed by atoms with van der Waals surface area (Å²) < 4.78 is 0. The van der Waals surface area contributed by atoms with Crippen molar-refractivity contribution in [2.24, 2.45) is 0 Å². The van der Waals surface area contributed by atoms with E-state index in [4.69, 9.17) is 23.2 Å². The molecule has 0 N–H and O–H groups in total. The minimum Gasteiger partial charge on any atom is -0.248 e. The zero-order valence-electron chi connectivity index (χ0n) is 4.97. The molecule has 0 saturated heterocycles. The van der Waals surface area contributed by atoms with E-state index in [1.54, 1.807) is 0 Å². The summed E-state index contributed by atoms with van der Waals surface area (Å²) in [6.07, 6.45) is 0. The van der Waals surface area contributed by atoms with Gasteiger partial charge in [-0.05, 0) is 0 Å². The van der Waals surface area contributed by atoms with Crippen LogP contribution in [0.25, 0.3) is 0 Å². The maximum Gasteiger partial charge on any atom is 0.388 e. The standard InChI is InChI=1S/C4H4Cl2O4/c1-2(7)9-10-4(8)3(5)6/h3H,1H3. The molecule has 0 amide bonds. The molecule has 0 radical (unpaired) electrons. The summed E-state index contributed by atoms with van der Waals surface area (Å²) in [5.74, 6) is -1.76. The fraction of sp³-hybridized carbons (Fsp3) is 0.500. The third-order valence-corrected chi connectivity index (χ3v) is 0.776. The Balaban J connectivity index is 3.50. The molecule has 4 nitrogen and oxygen atoms in total. The molecule has 0 bridgehead atoms. The predicted molar refractivity (Wildman–Crippen MR) is 33.4 cm³/mol. The molecule has 10 heavy (non-hydrogen) atoms. The van der Waals surface area contributed by atoms with Crippen LogP contribution in [0.5, 0.6) is 0 Å². The lowest BCUT2D eigenvalue weighted by atomic mass is 10.8. The number of halogens is 2. The van der Waals surface area contributed by atoms with Crippen LogP contribution in [0.3, 0.4) is 0 Å². The Morgan fingerprint density at radius 2 is 1.80 bits per heavy atom. The fourth-order valence-corrected chi connectivity index (χ4v) is 0.209. The van der Waals surface area contributed by atoms with Crippen molar-refractivity contribution in [3.05, 3.63) is 0 Å². The van der Waals surface area contributed by atoms with Gasteiger partial charge >= 0.3 is 11.9 Å². The van der Waals surface area contributed by atoms with E-state index in [0.717, 1.165) is 6.92 Å². The van der Waals surface area contributed by atoms with Gasteiger partial charge in [-0.3, -0.25) is 0 Å². The van der Waals surface area contributed by atoms with Crippen LogP contribution in [-0.2, 0) is 19.4 Å². The molecule has 0 aromatic rings. The van der Waals surface area contributed by atoms with Crippen LogP contribution in [0, 0.1) is 0 Å². The van der Waals surface area contributed by atoms with Crippen LogP contribution < -0.4 is 0 Å². The van der Waals surface area contributed by atoms with Crippen LogP contribution in [-0.4, -0.2) is 16.8 Å². The van der Waals surface area contributed by atoms with Gasteiger partial charge in [-0.15, -0.1) is 0 Å². The molecular weight excluding hydrogens is 183 g/mol. The second kappa shape index (κ2) is 4.35. The van der Waals surface area contributed by atoms with Crippen LogP contribution >= 0.6 is 23.2 Å². The highest BCUT2D eigenvalue weighted by Gasteiger charge is 2.15. The lowest BCUT2D eigenvalue weighted by molar-refractivity contribution is -0.255. The maximum atomic E-state index is 10.3. The van der Waals surface area contributed by atoms with E-state index in [1.165, 1.54) is 0 Å². The number of alkyl halides is 2. The van der Waals surface area contributed by atoms with E-state index >= 15 is 0 Å². The van der Waals surface area contributed by atoms with E-state index < -0.39 is 16.8 Å². The van der Waals surface area contributed by atoms with E-state index in [1.807, 2.05) is 0 Å². The van der Waals surface area contributed by atoms with Crippen LogP contribution in [0.2, 0.25) is 0 Å². The van der Waals surface area contributed by atoms with Crippen LogP contribution in [0.15, 0.2) is 0 Å². The largest absolute Gasteiger partial charge is 0.388 e. The summed E-state index contributed by atoms with van der Waals surface area (Å²) in [5.41, 5.74) is 0. The Bertz CT molecular complexity index is 144. The summed E-state index contributed by atoms with van der Waals surface area (Å²) in [6, 6.07) is 0. The molecule has 0 saturated carbocycles. The van der Waals surface area contributed by atoms with Crippen molar-refractivity contribution in [2.45, 2.75) is 11.8 Å². The van der Waals surface area contributed by atoms with Crippen LogP contribution in [0.1, 0.15) is 6.92 Å². The SMILES string of the molecule is CC(=O)OOC(=O)C(Cl)Cl. The molecule has 6 heteroatoms. The average molecular weight is 187 g/mol. The van der Waals surface area contributed by atoms with Gasteiger partial charge in [0.2, 0.25) is 4.84 Å². The van der Waals surface area contributed by atoms with Crippen molar-refractivity contribution in [1.82, 2.24) is 0 Å². The smallest absolute Gasteiger partial charge is 0.248 e. The van der Waals surface area contributed by atoms with E-state index in [-0.39, 0.29) is 0 Å². The summed E-state index contributed by atoms with van der Waals surface area (Å²) in [6.45, 7) is 1.07. The molecule has 0 spiro atoms. The van der Waals surface area contributed by atoms with Crippen molar-refractivity contribution >= 4 is 35.1 Å². The first-order valence-electron chi connectivity index (χ1n) is 2.21. The van der Waals surface area contributed by atoms with Gasteiger partial charge in [0.1, 0.15) is 0 Å². The highest BCUT2D eigenvalue weighted by molar-refractivity contribution is 6.52. The highest BCUT2D eigenvalue weighted by Crippen LogP contribution is 2.03. The lowest BCUT2D eigenvalue weighted by Crippen LogP contribution is -2.14. The molecule has 0 aromatic carbocycles. The van der Waals surface area contributed by atoms with Crippen molar-refractivity contribution in [2.75, 3.05) is 0 Å². The van der Waals surface area contributed by atoms with Gasteiger partial charge in [0.15, 0.2) is 0 Å². The molecule has 0 aromatic heterocycles. The zero-order chi connectivity index (χ0) is 8.15. The maximum absolute atomic E-state index is 10.3. The van der Waals surface area contributed by atoms with Gasteiger partial charge in [-0.2, -0.15) is 0 Å². The minimum atomic E-state index is -1.33. The van der Waals surface area contributed by atoms with Crippen molar-refractivity contribution in [1.29, 1.82) is 0 Å². The van der Waals surface area contributed by atoms with Gasteiger partial charge in [0, 0.05) is 6.92 Å². The Morgan fingerprint density at radius 3 is 2.10 bits per heavy atom. The van der Waals surface area contributed by atoms with E-state index in [2.05, 4.69) is 9.78 Å². The Labute approximate surface area is 66.9 Å². The van der Waals surface area contributed by atoms with Crippen molar-refractivity contribution in [3.63, 3.8) is 0 Å². The number of rotatable bonds is 1. The third kappa shape index (κ3) is 4.40. The monoisotopic (exact) mass is 186 g/mol. The molecular formula is C4H4Cl2O4. The summed E-state index contributed by atoms with van der Waals surface area (Å²) in [5, 5.41) is 0. The van der Waals surface area contributed by atoms with Crippen molar-refractivity contribution < 1.29 is 19.4 Å². The van der Waals surface area contributed by atoms with E-state index in [9.17, 15) is 9.59 Å². The Morgan fingerprint density at radius 1 is 1.30 bits per heavy atom. The second-order valence-corrected chi connectivity index (χ2v) is 2.37. The van der Waals surface area contributed by atoms with E-state index in [0.29, 0.717) is 0 Å². The quantitative estimate of drug-likeness (QED) is 0.346. The fourth-order valence-electron chi connectivity index (χ4n) is 0.136. The molecule has 0 heterocycles. The average Bonchev–Trinajstić information content (AvgIpc) is 1.82. The first-order valence-corrected chi connectivity index (χ1v) is 3.08. The lowest BCUT2D eigenvalue weighted by Gasteiger charge is -1.98. The predicted octanol–water partition coefficient (Wildman–Crippen LogP) is 0.811. The first-order chi connectivity index (χ1) is 4.54. The van der Waals surface area contributed by atoms with Crippen molar-refractivity contribution in [3.8, 4) is 0 Å². The molecule has 0 aliphatic heterocycles. The second-order valence-electron chi connectivity index (χ2n) is 1.28. The highest BCUT2D eigenvalue weighted by atomic mass is 35.5. The first kappa shape index (κ1) is 9.52. The molecule has 0 unspecified atom stereocenters. The summed E-state index contributed by atoms with van der Waals surface area (Å²) in [7, 11) is 0. The number of hydrogen-bond acceptors (Lipinski definition) is 4. The van der Waals surface area contributed by atoms with Gasteiger partial charge in [-0.1, -0.05) is 23.2 Å². The Kier molecular flexibility index (Phi) is 4.14. The molecule has 0 atom stereocenters. The van der Waals surface area contributed by atoms with Gasteiger partial charge in [-0.25, -0.2) is 19.4 Å². The molecule has 0 aliphatic carbocycles. The molecule has 0 aliphatic rings. The van der Waals surface area contributed by atoms with Gasteiger partial charge < -0.3 is 0 Å². The minimum absolute atomic E-state index is 0.748. The van der Waals surface area contributed by atoms with Crippen LogP contribution in [0.4, 0.5) is 0 Å². The Hall–Kier alpha value is -0.480. The third-order valence-electron chi connectivity index (χ3n) is 0.419. The van der Waals surface area contributed by atoms with Gasteiger partial charge in [0.25, 0.3) is 0 Å². The molecule has 0 rings (SSSR count). The molecule has 0 fully saturated rings. The van der Waals surface area contributed by atoms with Gasteiger partial charge in [0.05, 0.1) is 0 Å². The summed E-state index contributed by atoms with van der Waals surface area (Å²) in [4.78, 5) is 26.6. The number of carbonyl (C=O) groups is 2. The molecule has 58 valence electrons. The topological polar surface area (TPSA) is 52.6 Å². The normalized spacial score (nSPS) is 9.20. The number of carbonyl (C=O) groups excluding carboxylic acids is 2.